The van der Waals surface area contributed by atoms with Crippen LogP contribution in [0.4, 0.5) is 11.5 Å². The lowest BCUT2D eigenvalue weighted by molar-refractivity contribution is 0.138. The number of phenolic OH excluding ortho intramolecular Hbond substituents is 1. The number of benzene rings is 1. The lowest BCUT2D eigenvalue weighted by Gasteiger charge is -2.50. The molecule has 2 heterocycles. The highest BCUT2D eigenvalue weighted by Gasteiger charge is 2.44. The van der Waals surface area contributed by atoms with E-state index in [-0.39, 0.29) is 16.6 Å². The molecule has 1 aromatic heterocycles. The molecule has 1 fully saturated rings. The molecule has 26 heavy (non-hydrogen) atoms. The smallest absolute Gasteiger partial charge is 0.134 e. The maximum absolute atomic E-state index is 10.9. The van der Waals surface area contributed by atoms with E-state index in [0.717, 1.165) is 35.6 Å². The summed E-state index contributed by atoms with van der Waals surface area (Å²) in [5.41, 5.74) is 4.53. The van der Waals surface area contributed by atoms with Crippen LogP contribution in [0.3, 0.4) is 0 Å². The molecule has 4 rings (SSSR count). The van der Waals surface area contributed by atoms with Gasteiger partial charge in [-0.2, -0.15) is 0 Å². The molecule has 0 radical (unpaired) electrons. The molecule has 1 spiro atoms. The zero-order valence-corrected chi connectivity index (χ0v) is 16.1. The van der Waals surface area contributed by atoms with Gasteiger partial charge in [-0.05, 0) is 66.3 Å². The van der Waals surface area contributed by atoms with Gasteiger partial charge >= 0.3 is 0 Å². The van der Waals surface area contributed by atoms with Crippen molar-refractivity contribution in [2.24, 2.45) is 5.41 Å². The van der Waals surface area contributed by atoms with Crippen molar-refractivity contribution in [3.63, 3.8) is 0 Å². The summed E-state index contributed by atoms with van der Waals surface area (Å²) in [6, 6.07) is 5.73. The molecule has 138 valence electrons. The Labute approximate surface area is 155 Å². The molecule has 0 amide bonds. The number of hydrogen-bond donors (Lipinski definition) is 2. The number of rotatable bonds is 1. The van der Waals surface area contributed by atoms with Crippen LogP contribution in [0.5, 0.6) is 11.5 Å². The zero-order valence-electron chi connectivity index (χ0n) is 16.1. The van der Waals surface area contributed by atoms with E-state index >= 15 is 0 Å². The number of nitrogens with zero attached hydrogens (tertiary/aromatic N) is 2. The molecule has 4 nitrogen and oxygen atoms in total. The minimum Gasteiger partial charge on any atom is -0.507 e. The molecule has 1 aromatic carbocycles. The first-order valence-electron chi connectivity index (χ1n) is 9.49. The van der Waals surface area contributed by atoms with Crippen LogP contribution in [0, 0.1) is 12.3 Å². The van der Waals surface area contributed by atoms with E-state index < -0.39 is 0 Å². The molecule has 1 aliphatic carbocycles. The van der Waals surface area contributed by atoms with Crippen LogP contribution < -0.4 is 4.90 Å². The predicted molar refractivity (Wildman–Crippen MR) is 104 cm³/mol. The Bertz CT molecular complexity index is 846. The Morgan fingerprint density at radius 1 is 1.15 bits per heavy atom. The highest BCUT2D eigenvalue weighted by Crippen LogP contribution is 2.53. The van der Waals surface area contributed by atoms with Crippen LogP contribution in [0.15, 0.2) is 24.4 Å². The summed E-state index contributed by atoms with van der Waals surface area (Å²) < 4.78 is 0. The molecule has 0 atom stereocenters. The second-order valence-corrected chi connectivity index (χ2v) is 9.14. The molecule has 0 bridgehead atoms. The van der Waals surface area contributed by atoms with Crippen molar-refractivity contribution in [3.05, 3.63) is 41.1 Å². The first-order chi connectivity index (χ1) is 12.2. The standard InChI is InChI=1S/C22H28N2O2/c1-14-16-11-22(8-5-9-22)13-24(19-7-6-15(25)12-23-19)18(16)10-17(20(14)26)21(2,3)4/h6-7,10,12,25-26H,5,8-9,11,13H2,1-4H3. The van der Waals surface area contributed by atoms with Crippen LogP contribution in [0.1, 0.15) is 56.7 Å². The molecule has 2 aromatic rings. The number of fused-ring (bicyclic) bond motifs is 1. The van der Waals surface area contributed by atoms with Crippen molar-refractivity contribution in [2.75, 3.05) is 11.4 Å². The van der Waals surface area contributed by atoms with E-state index in [1.165, 1.54) is 31.0 Å². The maximum atomic E-state index is 10.9. The molecule has 4 heteroatoms. The summed E-state index contributed by atoms with van der Waals surface area (Å²) in [4.78, 5) is 6.77. The van der Waals surface area contributed by atoms with Crippen molar-refractivity contribution < 1.29 is 10.2 Å². The van der Waals surface area contributed by atoms with E-state index in [4.69, 9.17) is 0 Å². The van der Waals surface area contributed by atoms with Gasteiger partial charge in [0.15, 0.2) is 0 Å². The first-order valence-corrected chi connectivity index (χ1v) is 9.49. The van der Waals surface area contributed by atoms with Crippen LogP contribution >= 0.6 is 0 Å². The third kappa shape index (κ3) is 2.63. The Morgan fingerprint density at radius 3 is 2.42 bits per heavy atom. The minimum absolute atomic E-state index is 0.135. The Morgan fingerprint density at radius 2 is 1.88 bits per heavy atom. The highest BCUT2D eigenvalue weighted by molar-refractivity contribution is 5.72. The van der Waals surface area contributed by atoms with Gasteiger partial charge in [-0.15, -0.1) is 0 Å². The van der Waals surface area contributed by atoms with Crippen molar-refractivity contribution in [1.29, 1.82) is 0 Å². The second-order valence-electron chi connectivity index (χ2n) is 9.14. The summed E-state index contributed by atoms with van der Waals surface area (Å²) in [5.74, 6) is 1.48. The average Bonchev–Trinajstić information content (AvgIpc) is 2.55. The van der Waals surface area contributed by atoms with E-state index in [9.17, 15) is 10.2 Å². The summed E-state index contributed by atoms with van der Waals surface area (Å²) >= 11 is 0. The van der Waals surface area contributed by atoms with Crippen LogP contribution in [0.25, 0.3) is 0 Å². The van der Waals surface area contributed by atoms with Gasteiger partial charge < -0.3 is 15.1 Å². The Kier molecular flexibility index (Phi) is 3.73. The summed E-state index contributed by atoms with van der Waals surface area (Å²) in [7, 11) is 0. The van der Waals surface area contributed by atoms with Crippen LogP contribution in [-0.2, 0) is 11.8 Å². The first kappa shape index (κ1) is 17.2. The van der Waals surface area contributed by atoms with E-state index in [2.05, 4.69) is 36.7 Å². The lowest BCUT2D eigenvalue weighted by atomic mass is 9.62. The van der Waals surface area contributed by atoms with Gasteiger partial charge in [0.1, 0.15) is 17.3 Å². The molecule has 2 N–H and O–H groups in total. The van der Waals surface area contributed by atoms with E-state index in [0.29, 0.717) is 5.75 Å². The third-order valence-corrected chi connectivity index (χ3v) is 6.22. The number of phenols is 1. The number of aromatic hydroxyl groups is 2. The van der Waals surface area contributed by atoms with Crippen LogP contribution in [0.2, 0.25) is 0 Å². The summed E-state index contributed by atoms with van der Waals surface area (Å²) in [5, 5.41) is 20.5. The number of anilines is 2. The summed E-state index contributed by atoms with van der Waals surface area (Å²) in [6.45, 7) is 9.39. The van der Waals surface area contributed by atoms with Gasteiger partial charge in [0.2, 0.25) is 0 Å². The monoisotopic (exact) mass is 352 g/mol. The normalized spacial score (nSPS) is 18.5. The van der Waals surface area contributed by atoms with Gasteiger partial charge in [0.25, 0.3) is 0 Å². The fourth-order valence-corrected chi connectivity index (χ4v) is 4.47. The molecule has 2 aliphatic rings. The van der Waals surface area contributed by atoms with E-state index in [1.807, 2.05) is 13.0 Å². The largest absolute Gasteiger partial charge is 0.507 e. The van der Waals surface area contributed by atoms with Gasteiger partial charge in [-0.25, -0.2) is 4.98 Å². The number of pyridine rings is 1. The minimum atomic E-state index is -0.135. The Hall–Kier alpha value is -2.23. The van der Waals surface area contributed by atoms with Crippen LogP contribution in [-0.4, -0.2) is 21.7 Å². The third-order valence-electron chi connectivity index (χ3n) is 6.22. The SMILES string of the molecule is Cc1c(O)c(C(C)(C)C)cc2c1CC1(CCC1)CN2c1ccc(O)cn1. The fourth-order valence-electron chi connectivity index (χ4n) is 4.47. The Balaban J connectivity index is 1.91. The van der Waals surface area contributed by atoms with Crippen molar-refractivity contribution >= 4 is 11.5 Å². The topological polar surface area (TPSA) is 56.6 Å². The second kappa shape index (κ2) is 5.63. The van der Waals surface area contributed by atoms with Gasteiger partial charge in [0.05, 0.1) is 6.20 Å². The van der Waals surface area contributed by atoms with Crippen molar-refractivity contribution in [3.8, 4) is 11.5 Å². The molecular weight excluding hydrogens is 324 g/mol. The molecule has 0 saturated heterocycles. The highest BCUT2D eigenvalue weighted by atomic mass is 16.3. The molecule has 1 aliphatic heterocycles. The number of aromatic nitrogens is 1. The lowest BCUT2D eigenvalue weighted by Crippen LogP contribution is -2.46. The summed E-state index contributed by atoms with van der Waals surface area (Å²) in [6.07, 6.45) is 6.26. The van der Waals surface area contributed by atoms with Gasteiger partial charge in [-0.1, -0.05) is 27.2 Å². The quantitative estimate of drug-likeness (QED) is 0.761. The van der Waals surface area contributed by atoms with Crippen molar-refractivity contribution in [1.82, 2.24) is 4.98 Å². The number of hydrogen-bond acceptors (Lipinski definition) is 4. The molecular formula is C22H28N2O2. The van der Waals surface area contributed by atoms with E-state index in [1.54, 1.807) is 6.07 Å². The fraction of sp³-hybridized carbons (Fsp3) is 0.500. The van der Waals surface area contributed by atoms with Crippen molar-refractivity contribution in [2.45, 2.75) is 58.8 Å². The maximum Gasteiger partial charge on any atom is 0.134 e. The molecule has 0 unspecified atom stereocenters. The average molecular weight is 352 g/mol. The zero-order chi connectivity index (χ0) is 18.7. The molecule has 1 saturated carbocycles. The van der Waals surface area contributed by atoms with Gasteiger partial charge in [-0.3, -0.25) is 0 Å². The predicted octanol–water partition coefficient (Wildman–Crippen LogP) is 4.96. The van der Waals surface area contributed by atoms with Gasteiger partial charge in [0, 0.05) is 17.8 Å².